The van der Waals surface area contributed by atoms with Crippen LogP contribution in [0.15, 0.2) is 36.5 Å². The van der Waals surface area contributed by atoms with Crippen molar-refractivity contribution in [1.82, 2.24) is 14.5 Å². The van der Waals surface area contributed by atoms with Gasteiger partial charge >= 0.3 is 12.1 Å². The summed E-state index contributed by atoms with van der Waals surface area (Å²) < 4.78 is 13.5. The van der Waals surface area contributed by atoms with Crippen LogP contribution >= 0.6 is 0 Å². The van der Waals surface area contributed by atoms with Gasteiger partial charge in [-0.25, -0.2) is 14.8 Å². The van der Waals surface area contributed by atoms with Gasteiger partial charge in [-0.05, 0) is 70.6 Å². The molecule has 1 saturated carbocycles. The fourth-order valence-electron chi connectivity index (χ4n) is 5.69. The number of nitrogens with zero attached hydrogens (tertiary/aromatic N) is 4. The molecule has 9 nitrogen and oxygen atoms in total. The van der Waals surface area contributed by atoms with E-state index in [1.165, 1.54) is 7.11 Å². The lowest BCUT2D eigenvalue weighted by Crippen LogP contribution is -2.42. The van der Waals surface area contributed by atoms with Crippen LogP contribution in [-0.2, 0) is 16.0 Å². The van der Waals surface area contributed by atoms with Crippen molar-refractivity contribution in [3.8, 4) is 5.88 Å². The Morgan fingerprint density at radius 2 is 1.89 bits per heavy atom. The van der Waals surface area contributed by atoms with Gasteiger partial charge in [-0.3, -0.25) is 9.69 Å². The number of aromatic nitrogens is 3. The lowest BCUT2D eigenvalue weighted by molar-refractivity contribution is -0.143. The minimum absolute atomic E-state index is 0.0293. The highest BCUT2D eigenvalue weighted by Crippen LogP contribution is 2.41. The lowest BCUT2D eigenvalue weighted by Gasteiger charge is -2.34. The minimum Gasteiger partial charge on any atom is -0.481 e. The van der Waals surface area contributed by atoms with E-state index >= 15 is 0 Å². The van der Waals surface area contributed by atoms with Crippen LogP contribution in [-0.4, -0.2) is 44.9 Å². The van der Waals surface area contributed by atoms with Crippen LogP contribution in [0.2, 0.25) is 0 Å². The molecule has 5 rings (SSSR count). The molecule has 1 fully saturated rings. The molecule has 9 heteroatoms. The number of hydrogen-bond acceptors (Lipinski definition) is 6. The lowest BCUT2D eigenvalue weighted by atomic mass is 9.85. The zero-order chi connectivity index (χ0) is 25.4. The van der Waals surface area contributed by atoms with Gasteiger partial charge in [0, 0.05) is 29.9 Å². The number of aryl methyl sites for hydroxylation is 1. The maximum Gasteiger partial charge on any atom is 0.414 e. The fraction of sp³-hybridized carbons (Fsp3) is 0.481. The summed E-state index contributed by atoms with van der Waals surface area (Å²) in [4.78, 5) is 35.3. The fourth-order valence-corrected chi connectivity index (χ4v) is 5.69. The molecule has 1 amide bonds. The monoisotopic (exact) mass is 492 g/mol. The van der Waals surface area contributed by atoms with E-state index in [0.29, 0.717) is 18.7 Å². The summed E-state index contributed by atoms with van der Waals surface area (Å²) >= 11 is 0. The van der Waals surface area contributed by atoms with Crippen LogP contribution in [0, 0.1) is 5.92 Å². The second-order valence-electron chi connectivity index (χ2n) is 9.77. The number of imidazole rings is 1. The number of ether oxygens (including phenoxy) is 2. The van der Waals surface area contributed by atoms with Crippen LogP contribution in [0.5, 0.6) is 5.88 Å². The van der Waals surface area contributed by atoms with Crippen molar-refractivity contribution in [2.75, 3.05) is 12.0 Å². The van der Waals surface area contributed by atoms with Crippen LogP contribution in [0.3, 0.4) is 0 Å². The van der Waals surface area contributed by atoms with Gasteiger partial charge < -0.3 is 19.1 Å². The van der Waals surface area contributed by atoms with Crippen molar-refractivity contribution in [2.45, 2.75) is 70.6 Å². The summed E-state index contributed by atoms with van der Waals surface area (Å²) in [6.07, 6.45) is 5.34. The summed E-state index contributed by atoms with van der Waals surface area (Å²) in [7, 11) is 1.40. The van der Waals surface area contributed by atoms with Crippen molar-refractivity contribution >= 4 is 28.8 Å². The molecular weight excluding hydrogens is 460 g/mol. The highest BCUT2D eigenvalue weighted by Gasteiger charge is 2.34. The normalized spacial score (nSPS) is 22.6. The number of rotatable bonds is 5. The van der Waals surface area contributed by atoms with Crippen molar-refractivity contribution in [2.24, 2.45) is 5.92 Å². The third-order valence-corrected chi connectivity index (χ3v) is 7.56. The van der Waals surface area contributed by atoms with Crippen molar-refractivity contribution < 1.29 is 24.2 Å². The molecule has 1 aliphatic carbocycles. The maximum atomic E-state index is 12.6. The van der Waals surface area contributed by atoms with E-state index in [2.05, 4.69) is 9.55 Å². The number of amides is 1. The Hall–Kier alpha value is -3.62. The number of fused-ring (bicyclic) bond motifs is 3. The van der Waals surface area contributed by atoms with Gasteiger partial charge in [0.25, 0.3) is 0 Å². The van der Waals surface area contributed by atoms with Gasteiger partial charge in [-0.2, -0.15) is 0 Å². The Morgan fingerprint density at radius 3 is 2.56 bits per heavy atom. The quantitative estimate of drug-likeness (QED) is 0.515. The summed E-state index contributed by atoms with van der Waals surface area (Å²) in [6.45, 7) is 3.99. The highest BCUT2D eigenvalue weighted by molar-refractivity contribution is 5.95. The molecule has 2 aliphatic rings. The van der Waals surface area contributed by atoms with Gasteiger partial charge in [-0.15, -0.1) is 0 Å². The van der Waals surface area contributed by atoms with Gasteiger partial charge in [0.1, 0.15) is 0 Å². The topological polar surface area (TPSA) is 107 Å². The molecule has 3 heterocycles. The number of carbonyl (C=O) groups is 2. The van der Waals surface area contributed by atoms with E-state index in [1.54, 1.807) is 11.1 Å². The number of pyridine rings is 1. The minimum atomic E-state index is -0.720. The van der Waals surface area contributed by atoms with Crippen LogP contribution < -0.4 is 9.64 Å². The highest BCUT2D eigenvalue weighted by atomic mass is 16.5. The van der Waals surface area contributed by atoms with Crippen LogP contribution in [0.25, 0.3) is 11.0 Å². The van der Waals surface area contributed by atoms with Crippen LogP contribution in [0.4, 0.5) is 10.5 Å². The predicted molar refractivity (Wildman–Crippen MR) is 134 cm³/mol. The average molecular weight is 493 g/mol. The van der Waals surface area contributed by atoms with E-state index in [0.717, 1.165) is 53.8 Å². The van der Waals surface area contributed by atoms with Crippen molar-refractivity contribution in [3.63, 3.8) is 0 Å². The molecule has 2 aromatic heterocycles. The zero-order valence-corrected chi connectivity index (χ0v) is 20.9. The third kappa shape index (κ3) is 4.27. The van der Waals surface area contributed by atoms with Crippen molar-refractivity contribution in [1.29, 1.82) is 0 Å². The number of aliphatic carboxylic acids is 1. The Bertz CT molecular complexity index is 1270. The summed E-state index contributed by atoms with van der Waals surface area (Å²) in [5.41, 5.74) is 3.70. The van der Waals surface area contributed by atoms with Gasteiger partial charge in [0.2, 0.25) is 5.88 Å². The number of carboxylic acids is 1. The number of methoxy groups -OCH3 is 1. The van der Waals surface area contributed by atoms with E-state index in [4.69, 9.17) is 14.5 Å². The Balaban J connectivity index is 1.60. The van der Waals surface area contributed by atoms with E-state index in [1.807, 2.05) is 44.2 Å². The molecule has 1 aromatic carbocycles. The molecule has 0 radical (unpaired) electrons. The SMILES string of the molecule is COC(=O)N1c2ccc3c(nc([C@@H](C)Oc4ccccn4)n3C3CCC(C(=O)O)CC3)c2CC[C@@H]1C. The van der Waals surface area contributed by atoms with E-state index in [9.17, 15) is 14.7 Å². The van der Waals surface area contributed by atoms with Gasteiger partial charge in [-0.1, -0.05) is 6.07 Å². The first kappa shape index (κ1) is 24.1. The van der Waals surface area contributed by atoms with Crippen molar-refractivity contribution in [3.05, 3.63) is 47.9 Å². The molecule has 0 bridgehead atoms. The second-order valence-corrected chi connectivity index (χ2v) is 9.77. The molecule has 0 unspecified atom stereocenters. The summed E-state index contributed by atoms with van der Waals surface area (Å²) in [5.74, 6) is 0.281. The van der Waals surface area contributed by atoms with E-state index in [-0.39, 0.29) is 30.2 Å². The number of benzene rings is 1. The van der Waals surface area contributed by atoms with Gasteiger partial charge in [0.05, 0.1) is 29.7 Å². The molecule has 0 spiro atoms. The molecule has 1 aliphatic heterocycles. The Labute approximate surface area is 210 Å². The average Bonchev–Trinajstić information content (AvgIpc) is 3.29. The molecular formula is C27H32N4O5. The largest absolute Gasteiger partial charge is 0.481 e. The molecule has 0 saturated heterocycles. The standard InChI is InChI=1S/C27H32N4O5/c1-16-7-12-20-21(30(16)27(34)35-3)13-14-22-24(20)29-25(17(2)36-23-6-4-5-15-28-23)31(22)19-10-8-18(9-11-19)26(32)33/h4-6,13-19H,7-12H2,1-3H3,(H,32,33)/t16-,17+,18?,19?/m0/s1. The summed E-state index contributed by atoms with van der Waals surface area (Å²) in [5, 5.41) is 9.49. The van der Waals surface area contributed by atoms with E-state index < -0.39 is 5.97 Å². The van der Waals surface area contributed by atoms with Crippen LogP contribution in [0.1, 0.15) is 69.5 Å². The first-order chi connectivity index (χ1) is 17.4. The zero-order valence-electron chi connectivity index (χ0n) is 20.9. The number of hydrogen-bond donors (Lipinski definition) is 1. The third-order valence-electron chi connectivity index (χ3n) is 7.56. The number of anilines is 1. The first-order valence-electron chi connectivity index (χ1n) is 12.6. The van der Waals surface area contributed by atoms with Gasteiger partial charge in [0.15, 0.2) is 11.9 Å². The predicted octanol–water partition coefficient (Wildman–Crippen LogP) is 5.29. The number of carbonyl (C=O) groups excluding carboxylic acids is 1. The second kappa shape index (κ2) is 9.79. The molecule has 2 atom stereocenters. The summed E-state index contributed by atoms with van der Waals surface area (Å²) in [6, 6.07) is 9.70. The molecule has 36 heavy (non-hydrogen) atoms. The molecule has 190 valence electrons. The molecule has 1 N–H and O–H groups in total. The maximum absolute atomic E-state index is 12.6. The Kier molecular flexibility index (Phi) is 6.55. The molecule has 3 aromatic rings. The smallest absolute Gasteiger partial charge is 0.414 e. The Morgan fingerprint density at radius 1 is 1.11 bits per heavy atom. The first-order valence-corrected chi connectivity index (χ1v) is 12.6. The number of carboxylic acid groups (broad SMARTS) is 1.